The van der Waals surface area contributed by atoms with E-state index >= 15 is 0 Å². The Kier molecular flexibility index (Phi) is 6.43. The van der Waals surface area contributed by atoms with E-state index in [-0.39, 0.29) is 5.91 Å². The van der Waals surface area contributed by atoms with Gasteiger partial charge in [0.2, 0.25) is 17.5 Å². The Hall–Kier alpha value is -4.18. The van der Waals surface area contributed by atoms with Crippen molar-refractivity contribution in [3.05, 3.63) is 84.7 Å². The summed E-state index contributed by atoms with van der Waals surface area (Å²) in [5, 5.41) is 15.4. The van der Waals surface area contributed by atoms with E-state index in [0.29, 0.717) is 22.6 Å². The van der Waals surface area contributed by atoms with Crippen molar-refractivity contribution in [3.8, 4) is 22.8 Å². The van der Waals surface area contributed by atoms with Crippen molar-refractivity contribution in [2.45, 2.75) is 24.7 Å². The van der Waals surface area contributed by atoms with E-state index in [1.165, 1.54) is 23.7 Å². The number of methoxy groups -OCH3 is 1. The molecule has 9 nitrogen and oxygen atoms in total. The molecule has 0 radical (unpaired) electrons. The molecule has 2 aromatic heterocycles. The molecule has 10 heteroatoms. The summed E-state index contributed by atoms with van der Waals surface area (Å²) < 4.78 is 13.5. The molecule has 0 saturated heterocycles. The first kappa shape index (κ1) is 23.6. The van der Waals surface area contributed by atoms with Gasteiger partial charge in [0.25, 0.3) is 0 Å². The largest absolute Gasteiger partial charge is 0.497 e. The Balaban J connectivity index is 1.44. The van der Waals surface area contributed by atoms with Crippen molar-refractivity contribution in [2.24, 2.45) is 5.10 Å². The van der Waals surface area contributed by atoms with Gasteiger partial charge >= 0.3 is 0 Å². The number of amides is 1. The topological polar surface area (TPSA) is 94.7 Å². The van der Waals surface area contributed by atoms with Crippen LogP contribution in [0.4, 0.5) is 0 Å². The Morgan fingerprint density at radius 2 is 1.83 bits per heavy atom. The van der Waals surface area contributed by atoms with Crippen LogP contribution in [-0.2, 0) is 15.3 Å². The van der Waals surface area contributed by atoms with Gasteiger partial charge < -0.3 is 9.47 Å². The van der Waals surface area contributed by atoms with Crippen molar-refractivity contribution in [2.75, 3.05) is 12.9 Å². The number of aromatic nitrogens is 4. The van der Waals surface area contributed by atoms with E-state index in [1.807, 2.05) is 65.2 Å². The van der Waals surface area contributed by atoms with Crippen molar-refractivity contribution in [3.63, 3.8) is 0 Å². The molecule has 182 valence electrons. The number of carbonyl (C=O) groups is 1. The monoisotopic (exact) mass is 500 g/mol. The van der Waals surface area contributed by atoms with Gasteiger partial charge in [-0.15, -0.1) is 15.3 Å². The lowest BCUT2D eigenvalue weighted by molar-refractivity contribution is -0.146. The molecule has 0 N–H and O–H groups in total. The normalized spacial score (nSPS) is 17.0. The number of benzene rings is 2. The van der Waals surface area contributed by atoms with Crippen molar-refractivity contribution in [1.29, 1.82) is 0 Å². The summed E-state index contributed by atoms with van der Waals surface area (Å²) in [4.78, 5) is 16.5. The number of hydrogen-bond acceptors (Lipinski definition) is 8. The third-order valence-corrected chi connectivity index (χ3v) is 6.66. The second kappa shape index (κ2) is 9.82. The van der Waals surface area contributed by atoms with Crippen LogP contribution in [-0.4, -0.2) is 49.4 Å². The second-order valence-corrected chi connectivity index (χ2v) is 9.09. The number of hydrazone groups is 1. The highest BCUT2D eigenvalue weighted by atomic mass is 32.2. The zero-order valence-electron chi connectivity index (χ0n) is 20.0. The lowest BCUT2D eigenvalue weighted by Gasteiger charge is -2.30. The summed E-state index contributed by atoms with van der Waals surface area (Å²) in [6.45, 7) is 3.27. The first-order valence-corrected chi connectivity index (χ1v) is 12.2. The highest BCUT2D eigenvalue weighted by Crippen LogP contribution is 2.36. The van der Waals surface area contributed by atoms with Crippen LogP contribution in [0.25, 0.3) is 17.1 Å². The predicted molar refractivity (Wildman–Crippen MR) is 137 cm³/mol. The molecule has 5 rings (SSSR count). The lowest BCUT2D eigenvalue weighted by atomic mass is 10.1. The number of carbonyl (C=O) groups excluding carboxylic acids is 1. The van der Waals surface area contributed by atoms with Crippen LogP contribution in [0.1, 0.15) is 19.4 Å². The quantitative estimate of drug-likeness (QED) is 0.345. The number of ether oxygens (including phenoxy) is 2. The fourth-order valence-corrected chi connectivity index (χ4v) is 4.76. The molecule has 3 heterocycles. The molecule has 4 aromatic rings. The summed E-state index contributed by atoms with van der Waals surface area (Å²) in [5.41, 5.74) is 1.49. The van der Waals surface area contributed by atoms with Gasteiger partial charge in [-0.1, -0.05) is 30.0 Å². The van der Waals surface area contributed by atoms with Gasteiger partial charge in [0, 0.05) is 43.1 Å². The molecule has 1 aliphatic heterocycles. The molecule has 1 aliphatic rings. The highest BCUT2D eigenvalue weighted by molar-refractivity contribution is 7.99. The number of hydrogen-bond donors (Lipinski definition) is 0. The Morgan fingerprint density at radius 3 is 2.50 bits per heavy atom. The predicted octanol–water partition coefficient (Wildman–Crippen LogP) is 4.50. The molecular weight excluding hydrogens is 476 g/mol. The Morgan fingerprint density at radius 1 is 1.06 bits per heavy atom. The van der Waals surface area contributed by atoms with Crippen molar-refractivity contribution < 1.29 is 14.3 Å². The van der Waals surface area contributed by atoms with Gasteiger partial charge in [0.05, 0.1) is 12.9 Å². The van der Waals surface area contributed by atoms with Crippen LogP contribution in [0.5, 0.6) is 5.75 Å². The van der Waals surface area contributed by atoms with E-state index in [1.54, 1.807) is 32.5 Å². The molecule has 0 aliphatic carbocycles. The van der Waals surface area contributed by atoms with Gasteiger partial charge in [0.1, 0.15) is 5.75 Å². The minimum Gasteiger partial charge on any atom is -0.497 e. The van der Waals surface area contributed by atoms with Crippen LogP contribution in [0, 0.1) is 0 Å². The Labute approximate surface area is 212 Å². The number of nitrogens with zero attached hydrogens (tertiary/aromatic N) is 6. The van der Waals surface area contributed by atoms with E-state index in [0.717, 1.165) is 22.6 Å². The summed E-state index contributed by atoms with van der Waals surface area (Å²) >= 11 is 1.43. The van der Waals surface area contributed by atoms with E-state index in [9.17, 15) is 4.79 Å². The summed E-state index contributed by atoms with van der Waals surface area (Å²) in [6, 6.07) is 21.2. The van der Waals surface area contributed by atoms with E-state index in [2.05, 4.69) is 20.3 Å². The molecule has 0 unspecified atom stereocenters. The fourth-order valence-electron chi connectivity index (χ4n) is 3.97. The SMILES string of the molecule is COc1ccc(-c2nnc(SCC3=NN(C(C)=O)[C@](C)(c4cccnc4)O3)n2-c2ccccc2)cc1. The Bertz CT molecular complexity index is 1390. The number of para-hydroxylation sites is 1. The van der Waals surface area contributed by atoms with Crippen molar-refractivity contribution in [1.82, 2.24) is 24.8 Å². The molecule has 0 fully saturated rings. The van der Waals surface area contributed by atoms with Gasteiger partial charge in [-0.25, -0.2) is 0 Å². The van der Waals surface area contributed by atoms with Crippen LogP contribution < -0.4 is 4.74 Å². The summed E-state index contributed by atoms with van der Waals surface area (Å²) in [5.74, 6) is 2.01. The molecule has 0 spiro atoms. The fraction of sp³-hybridized carbons (Fsp3) is 0.192. The number of pyridine rings is 1. The average Bonchev–Trinajstić information content (AvgIpc) is 3.50. The van der Waals surface area contributed by atoms with E-state index < -0.39 is 5.72 Å². The van der Waals surface area contributed by atoms with Crippen LogP contribution in [0.3, 0.4) is 0 Å². The highest BCUT2D eigenvalue weighted by Gasteiger charge is 2.44. The molecule has 1 atom stereocenters. The lowest BCUT2D eigenvalue weighted by Crippen LogP contribution is -2.41. The maximum atomic E-state index is 12.4. The minimum absolute atomic E-state index is 0.226. The number of thioether (sulfide) groups is 1. The first-order chi connectivity index (χ1) is 17.5. The zero-order valence-corrected chi connectivity index (χ0v) is 20.8. The molecule has 0 bridgehead atoms. The third-order valence-electron chi connectivity index (χ3n) is 5.75. The first-order valence-electron chi connectivity index (χ1n) is 11.3. The summed E-state index contributed by atoms with van der Waals surface area (Å²) in [6.07, 6.45) is 3.35. The zero-order chi connectivity index (χ0) is 25.1. The van der Waals surface area contributed by atoms with Gasteiger partial charge in [0.15, 0.2) is 11.0 Å². The standard InChI is InChI=1S/C26H24N6O3S/c1-18(33)32-26(2,20-8-7-15-27-16-20)35-23(30-32)17-36-25-29-28-24(19-11-13-22(34-3)14-12-19)31(25)21-9-5-4-6-10-21/h4-16H,17H2,1-3H3/t26-/m0/s1. The molecule has 0 saturated carbocycles. The van der Waals surface area contributed by atoms with Crippen LogP contribution in [0.2, 0.25) is 0 Å². The molecular formula is C26H24N6O3S. The average molecular weight is 501 g/mol. The maximum Gasteiger partial charge on any atom is 0.243 e. The van der Waals surface area contributed by atoms with Crippen LogP contribution >= 0.6 is 11.8 Å². The van der Waals surface area contributed by atoms with Gasteiger partial charge in [-0.2, -0.15) is 5.01 Å². The van der Waals surface area contributed by atoms with Crippen LogP contribution in [0.15, 0.2) is 89.4 Å². The van der Waals surface area contributed by atoms with Crippen molar-refractivity contribution >= 4 is 23.6 Å². The smallest absolute Gasteiger partial charge is 0.243 e. The molecule has 36 heavy (non-hydrogen) atoms. The summed E-state index contributed by atoms with van der Waals surface area (Å²) in [7, 11) is 1.64. The molecule has 2 aromatic carbocycles. The maximum absolute atomic E-state index is 12.4. The second-order valence-electron chi connectivity index (χ2n) is 8.15. The third kappa shape index (κ3) is 4.42. The minimum atomic E-state index is -1.07. The molecule has 1 amide bonds. The van der Waals surface area contributed by atoms with Gasteiger partial charge in [-0.3, -0.25) is 14.3 Å². The number of rotatable bonds is 7. The van der Waals surface area contributed by atoms with E-state index in [4.69, 9.17) is 9.47 Å². The van der Waals surface area contributed by atoms with Gasteiger partial charge in [-0.05, 0) is 48.5 Å².